The molecule has 0 aliphatic rings. The van der Waals surface area contributed by atoms with Gasteiger partial charge in [0.05, 0.1) is 0 Å². The molecule has 0 N–H and O–H groups in total. The highest BCUT2D eigenvalue weighted by atomic mass is 16.6. The number of esters is 3. The summed E-state index contributed by atoms with van der Waals surface area (Å²) in [6.45, 7) is 6.61. The zero-order valence-electron chi connectivity index (χ0n) is 49.4. The van der Waals surface area contributed by atoms with E-state index < -0.39 is 6.10 Å². The number of rotatable bonds is 61. The Morgan fingerprint density at radius 2 is 0.493 bits per heavy atom. The van der Waals surface area contributed by atoms with Crippen molar-refractivity contribution < 1.29 is 28.6 Å². The molecule has 0 rings (SSSR count). The molecule has 0 fully saturated rings. The van der Waals surface area contributed by atoms with Crippen LogP contribution in [0.4, 0.5) is 0 Å². The number of hydrogen-bond donors (Lipinski definition) is 0. The Hall–Kier alpha value is -2.11. The van der Waals surface area contributed by atoms with Crippen molar-refractivity contribution in [3.8, 4) is 0 Å². The Balaban J connectivity index is 3.96. The van der Waals surface area contributed by atoms with Gasteiger partial charge in [-0.1, -0.05) is 321 Å². The van der Waals surface area contributed by atoms with Gasteiger partial charge in [0, 0.05) is 19.3 Å². The Kier molecular flexibility index (Phi) is 60.6. The molecule has 430 valence electrons. The average Bonchev–Trinajstić information content (AvgIpc) is 3.39. The van der Waals surface area contributed by atoms with Gasteiger partial charge in [0.15, 0.2) is 6.10 Å². The Morgan fingerprint density at radius 3 is 0.753 bits per heavy atom. The molecule has 0 aromatic heterocycles. The van der Waals surface area contributed by atoms with E-state index >= 15 is 0 Å². The predicted octanol–water partition coefficient (Wildman–Crippen LogP) is 22.2. The Morgan fingerprint density at radius 1 is 0.274 bits per heavy atom. The summed E-state index contributed by atoms with van der Waals surface area (Å²) in [4.78, 5) is 37.9. The van der Waals surface area contributed by atoms with Crippen LogP contribution in [0.15, 0.2) is 24.3 Å². The number of hydrogen-bond acceptors (Lipinski definition) is 6. The number of unbranched alkanes of at least 4 members (excludes halogenated alkanes) is 46. The topological polar surface area (TPSA) is 78.9 Å². The molecule has 1 atom stereocenters. The first-order valence-electron chi connectivity index (χ1n) is 32.8. The Bertz CT molecular complexity index is 1180. The van der Waals surface area contributed by atoms with Gasteiger partial charge >= 0.3 is 17.9 Å². The molecule has 0 amide bonds. The molecule has 0 bridgehead atoms. The van der Waals surface area contributed by atoms with E-state index in [0.717, 1.165) is 70.6 Å². The summed E-state index contributed by atoms with van der Waals surface area (Å²) in [6, 6.07) is 0. The van der Waals surface area contributed by atoms with Crippen LogP contribution < -0.4 is 0 Å². The van der Waals surface area contributed by atoms with E-state index in [-0.39, 0.29) is 31.1 Å². The van der Waals surface area contributed by atoms with Gasteiger partial charge in [-0.3, -0.25) is 14.4 Å². The van der Waals surface area contributed by atoms with E-state index in [2.05, 4.69) is 45.1 Å². The van der Waals surface area contributed by atoms with Crippen molar-refractivity contribution in [2.75, 3.05) is 13.2 Å². The maximum absolute atomic E-state index is 12.8. The molecule has 0 radical (unpaired) electrons. The van der Waals surface area contributed by atoms with Crippen LogP contribution in [0.1, 0.15) is 367 Å². The predicted molar refractivity (Wildman–Crippen MR) is 316 cm³/mol. The first-order valence-corrected chi connectivity index (χ1v) is 32.8. The third kappa shape index (κ3) is 60.6. The maximum Gasteiger partial charge on any atom is 0.306 e. The second-order valence-corrected chi connectivity index (χ2v) is 22.4. The van der Waals surface area contributed by atoms with Crippen LogP contribution in [-0.2, 0) is 28.6 Å². The molecule has 73 heavy (non-hydrogen) atoms. The van der Waals surface area contributed by atoms with E-state index in [9.17, 15) is 14.4 Å². The van der Waals surface area contributed by atoms with Crippen LogP contribution in [0.5, 0.6) is 0 Å². The maximum atomic E-state index is 12.8. The second-order valence-electron chi connectivity index (χ2n) is 22.4. The summed E-state index contributed by atoms with van der Waals surface area (Å²) in [6.07, 6.45) is 75.3. The first-order chi connectivity index (χ1) is 36.0. The van der Waals surface area contributed by atoms with Gasteiger partial charge < -0.3 is 14.2 Å². The van der Waals surface area contributed by atoms with Crippen molar-refractivity contribution in [1.82, 2.24) is 0 Å². The van der Waals surface area contributed by atoms with Crippen molar-refractivity contribution in [3.05, 3.63) is 24.3 Å². The molecule has 6 nitrogen and oxygen atoms in total. The number of carbonyl (C=O) groups excluding carboxylic acids is 3. The lowest BCUT2D eigenvalue weighted by Crippen LogP contribution is -2.30. The lowest BCUT2D eigenvalue weighted by molar-refractivity contribution is -0.167. The molecule has 0 aliphatic carbocycles. The minimum absolute atomic E-state index is 0.0661. The smallest absolute Gasteiger partial charge is 0.306 e. The quantitative estimate of drug-likeness (QED) is 0.0261. The largest absolute Gasteiger partial charge is 0.462 e. The molecule has 0 aromatic rings. The number of allylic oxidation sites excluding steroid dienone is 4. The fourth-order valence-electron chi connectivity index (χ4n) is 10.0. The third-order valence-electron chi connectivity index (χ3n) is 15.0. The number of carbonyl (C=O) groups is 3. The van der Waals surface area contributed by atoms with Gasteiger partial charge in [0.25, 0.3) is 0 Å². The van der Waals surface area contributed by atoms with E-state index in [1.807, 2.05) is 0 Å². The minimum Gasteiger partial charge on any atom is -0.462 e. The molecular formula is C67H126O6. The third-order valence-corrected chi connectivity index (χ3v) is 15.0. The fraction of sp³-hybridized carbons (Fsp3) is 0.896. The van der Waals surface area contributed by atoms with Gasteiger partial charge in [-0.15, -0.1) is 0 Å². The molecule has 0 spiro atoms. The van der Waals surface area contributed by atoms with E-state index in [0.29, 0.717) is 19.3 Å². The average molecular weight is 1030 g/mol. The number of ether oxygens (including phenoxy) is 3. The summed E-state index contributed by atoms with van der Waals surface area (Å²) in [5.74, 6) is -0.855. The molecule has 0 aliphatic heterocycles. The van der Waals surface area contributed by atoms with Crippen molar-refractivity contribution in [3.63, 3.8) is 0 Å². The lowest BCUT2D eigenvalue weighted by Gasteiger charge is -2.18. The van der Waals surface area contributed by atoms with Crippen LogP contribution in [-0.4, -0.2) is 37.2 Å². The molecule has 0 heterocycles. The van der Waals surface area contributed by atoms with Crippen molar-refractivity contribution in [1.29, 1.82) is 0 Å². The standard InChI is InChI=1S/C67H126O6/c1-4-7-10-13-15-17-19-21-23-25-27-29-31-32-33-34-36-37-39-41-43-45-47-49-51-54-57-60-66(69)72-63-64(62-71-65(68)59-56-53-12-9-6-3)73-67(70)61-58-55-52-50-48-46-44-42-40-38-35-30-28-26-24-22-20-18-16-14-11-8-5-2/h19,21,25,27,64H,4-18,20,22-24,26,28-63H2,1-3H3/b21-19-,27-25-. The molecule has 0 aromatic carbocycles. The minimum atomic E-state index is -0.764. The summed E-state index contributed by atoms with van der Waals surface area (Å²) in [5, 5.41) is 0. The van der Waals surface area contributed by atoms with E-state index in [1.54, 1.807) is 0 Å². The van der Waals surface area contributed by atoms with Gasteiger partial charge in [-0.25, -0.2) is 0 Å². The summed E-state index contributed by atoms with van der Waals surface area (Å²) in [7, 11) is 0. The molecule has 0 saturated carbocycles. The van der Waals surface area contributed by atoms with E-state index in [4.69, 9.17) is 14.2 Å². The summed E-state index contributed by atoms with van der Waals surface area (Å²) in [5.41, 5.74) is 0. The van der Waals surface area contributed by atoms with Gasteiger partial charge in [-0.05, 0) is 51.4 Å². The molecule has 6 heteroatoms. The van der Waals surface area contributed by atoms with Crippen molar-refractivity contribution in [2.24, 2.45) is 0 Å². The van der Waals surface area contributed by atoms with Crippen molar-refractivity contribution >= 4 is 17.9 Å². The highest BCUT2D eigenvalue weighted by Gasteiger charge is 2.19. The first kappa shape index (κ1) is 70.9. The summed E-state index contributed by atoms with van der Waals surface area (Å²) < 4.78 is 16.8. The normalized spacial score (nSPS) is 12.1. The lowest BCUT2D eigenvalue weighted by atomic mass is 10.0. The highest BCUT2D eigenvalue weighted by molar-refractivity contribution is 5.71. The van der Waals surface area contributed by atoms with Crippen LogP contribution in [0.2, 0.25) is 0 Å². The van der Waals surface area contributed by atoms with Crippen LogP contribution in [0, 0.1) is 0 Å². The molecule has 0 saturated heterocycles. The van der Waals surface area contributed by atoms with Gasteiger partial charge in [0.2, 0.25) is 0 Å². The van der Waals surface area contributed by atoms with Crippen LogP contribution in [0.3, 0.4) is 0 Å². The van der Waals surface area contributed by atoms with Crippen LogP contribution in [0.25, 0.3) is 0 Å². The summed E-state index contributed by atoms with van der Waals surface area (Å²) >= 11 is 0. The van der Waals surface area contributed by atoms with Gasteiger partial charge in [0.1, 0.15) is 13.2 Å². The molecular weight excluding hydrogens is 901 g/mol. The zero-order chi connectivity index (χ0) is 52.9. The fourth-order valence-corrected chi connectivity index (χ4v) is 10.0. The van der Waals surface area contributed by atoms with Gasteiger partial charge in [-0.2, -0.15) is 0 Å². The monoisotopic (exact) mass is 1030 g/mol. The SMILES string of the molecule is CCCCCCC/C=C\C/C=C\CCCCCCCCCCCCCCCCCC(=O)OCC(COC(=O)CCCCCCC)OC(=O)CCCCCCCCCCCCCCCCCCCCCCCCC. The second kappa shape index (κ2) is 62.4. The van der Waals surface area contributed by atoms with Crippen molar-refractivity contribution in [2.45, 2.75) is 374 Å². The Labute approximate surface area is 455 Å². The zero-order valence-corrected chi connectivity index (χ0v) is 49.4. The van der Waals surface area contributed by atoms with E-state index in [1.165, 1.54) is 257 Å². The molecule has 1 unspecified atom stereocenters. The highest BCUT2D eigenvalue weighted by Crippen LogP contribution is 2.18. The van der Waals surface area contributed by atoms with Crippen LogP contribution >= 0.6 is 0 Å².